The van der Waals surface area contributed by atoms with E-state index in [0.717, 1.165) is 43.6 Å². The van der Waals surface area contributed by atoms with E-state index >= 15 is 0 Å². The first-order valence-electron chi connectivity index (χ1n) is 13.3. The van der Waals surface area contributed by atoms with E-state index in [1.54, 1.807) is 18.2 Å². The summed E-state index contributed by atoms with van der Waals surface area (Å²) in [4.78, 5) is 36.3. The molecule has 1 amide bonds. The van der Waals surface area contributed by atoms with Gasteiger partial charge in [0.1, 0.15) is 12.1 Å². The Morgan fingerprint density at radius 1 is 1.15 bits per heavy atom. The lowest BCUT2D eigenvalue weighted by Crippen LogP contribution is -2.48. The summed E-state index contributed by atoms with van der Waals surface area (Å²) in [7, 11) is 0. The highest BCUT2D eigenvalue weighted by molar-refractivity contribution is 5.96. The van der Waals surface area contributed by atoms with Crippen LogP contribution < -0.4 is 10.2 Å². The highest BCUT2D eigenvalue weighted by Gasteiger charge is 2.28. The van der Waals surface area contributed by atoms with Gasteiger partial charge in [-0.15, -0.1) is 0 Å². The minimum Gasteiger partial charge on any atom is -0.364 e. The number of piperidine rings is 1. The van der Waals surface area contributed by atoms with Crippen LogP contribution in [0.5, 0.6) is 0 Å². The number of nitro groups is 1. The maximum absolute atomic E-state index is 13.9. The molecular weight excluding hydrogens is 499 g/mol. The standard InChI is InChI=1S/C29H35FN6O3/c1-20(11-14-31-29(37)28-21(2)32-19-33-22(28)3)34-15-12-26(13-16-34)35(18-23-5-4-6-24(30)17-23)25-7-9-27(10-8-25)36(38)39/h4-10,17,19-20,26H,11-16,18H2,1-3H3,(H,31,37). The van der Waals surface area contributed by atoms with E-state index < -0.39 is 4.92 Å². The summed E-state index contributed by atoms with van der Waals surface area (Å²) >= 11 is 0. The van der Waals surface area contributed by atoms with Crippen LogP contribution in [0.4, 0.5) is 15.8 Å². The average Bonchev–Trinajstić information content (AvgIpc) is 2.92. The number of carbonyl (C=O) groups excluding carboxylic acids is 1. The minimum atomic E-state index is -0.404. The average molecular weight is 535 g/mol. The molecule has 206 valence electrons. The van der Waals surface area contributed by atoms with Gasteiger partial charge < -0.3 is 15.1 Å². The molecule has 1 saturated heterocycles. The second-order valence-electron chi connectivity index (χ2n) is 10.1. The van der Waals surface area contributed by atoms with Crippen molar-refractivity contribution in [2.45, 2.75) is 58.7 Å². The normalized spacial score (nSPS) is 15.1. The van der Waals surface area contributed by atoms with Gasteiger partial charge in [-0.1, -0.05) is 12.1 Å². The lowest BCUT2D eigenvalue weighted by Gasteiger charge is -2.42. The molecule has 2 aromatic carbocycles. The van der Waals surface area contributed by atoms with Gasteiger partial charge in [0.25, 0.3) is 11.6 Å². The Bertz CT molecular complexity index is 1270. The molecule has 0 spiro atoms. The first-order valence-corrected chi connectivity index (χ1v) is 13.3. The van der Waals surface area contributed by atoms with E-state index in [0.29, 0.717) is 30.0 Å². The van der Waals surface area contributed by atoms with Crippen LogP contribution in [0.15, 0.2) is 54.9 Å². The smallest absolute Gasteiger partial charge is 0.269 e. The summed E-state index contributed by atoms with van der Waals surface area (Å²) < 4.78 is 13.9. The number of amides is 1. The molecule has 1 aliphatic heterocycles. The number of halogens is 1. The summed E-state index contributed by atoms with van der Waals surface area (Å²) in [5, 5.41) is 14.2. The molecule has 1 aromatic heterocycles. The number of non-ortho nitro benzene ring substituents is 1. The number of aromatic nitrogens is 2. The third-order valence-electron chi connectivity index (χ3n) is 7.50. The predicted molar refractivity (Wildman–Crippen MR) is 148 cm³/mol. The fourth-order valence-corrected chi connectivity index (χ4v) is 5.25. The number of nitrogens with zero attached hydrogens (tertiary/aromatic N) is 5. The van der Waals surface area contributed by atoms with Gasteiger partial charge in [-0.2, -0.15) is 0 Å². The molecule has 1 fully saturated rings. The third-order valence-corrected chi connectivity index (χ3v) is 7.50. The van der Waals surface area contributed by atoms with Gasteiger partial charge in [-0.05, 0) is 69.9 Å². The number of carbonyl (C=O) groups is 1. The number of likely N-dealkylation sites (tertiary alicyclic amines) is 1. The van der Waals surface area contributed by atoms with Crippen molar-refractivity contribution >= 4 is 17.3 Å². The molecule has 9 nitrogen and oxygen atoms in total. The summed E-state index contributed by atoms with van der Waals surface area (Å²) in [5.74, 6) is -0.426. The number of hydrogen-bond acceptors (Lipinski definition) is 7. The first kappa shape index (κ1) is 28.1. The van der Waals surface area contributed by atoms with Crippen molar-refractivity contribution in [2.24, 2.45) is 0 Å². The van der Waals surface area contributed by atoms with Crippen LogP contribution >= 0.6 is 0 Å². The molecule has 4 rings (SSSR count). The Kier molecular flexibility index (Phi) is 9.19. The van der Waals surface area contributed by atoms with Crippen LogP contribution in [-0.2, 0) is 6.54 Å². The van der Waals surface area contributed by atoms with Crippen molar-refractivity contribution in [3.05, 3.63) is 93.3 Å². The van der Waals surface area contributed by atoms with E-state index in [4.69, 9.17) is 0 Å². The molecule has 1 aliphatic rings. The summed E-state index contributed by atoms with van der Waals surface area (Å²) in [6, 6.07) is 13.7. The van der Waals surface area contributed by atoms with Crippen LogP contribution in [0.3, 0.4) is 0 Å². The Morgan fingerprint density at radius 3 is 2.44 bits per heavy atom. The highest BCUT2D eigenvalue weighted by Crippen LogP contribution is 2.28. The molecule has 39 heavy (non-hydrogen) atoms. The predicted octanol–water partition coefficient (Wildman–Crippen LogP) is 4.82. The van der Waals surface area contributed by atoms with Crippen LogP contribution in [-0.4, -0.2) is 57.4 Å². The molecule has 10 heteroatoms. The molecule has 3 aromatic rings. The summed E-state index contributed by atoms with van der Waals surface area (Å²) in [5.41, 5.74) is 3.67. The van der Waals surface area contributed by atoms with Crippen molar-refractivity contribution in [3.8, 4) is 0 Å². The Morgan fingerprint density at radius 2 is 1.82 bits per heavy atom. The summed E-state index contributed by atoms with van der Waals surface area (Å²) in [6.07, 6.45) is 4.09. The van der Waals surface area contributed by atoms with Gasteiger partial charge in [-0.3, -0.25) is 14.9 Å². The number of rotatable bonds is 10. The number of hydrogen-bond donors (Lipinski definition) is 1. The second kappa shape index (κ2) is 12.8. The van der Waals surface area contributed by atoms with E-state index in [1.165, 1.54) is 30.6 Å². The number of nitro benzene ring substituents is 1. The Labute approximate surface area is 228 Å². The maximum Gasteiger partial charge on any atom is 0.269 e. The SMILES string of the molecule is Cc1ncnc(C)c1C(=O)NCCC(C)N1CCC(N(Cc2cccc(F)c2)c2ccc([N+](=O)[O-])cc2)CC1. The zero-order chi connectivity index (χ0) is 27.9. The van der Waals surface area contributed by atoms with Crippen LogP contribution in [0.25, 0.3) is 0 Å². The molecule has 0 radical (unpaired) electrons. The van der Waals surface area contributed by atoms with Crippen LogP contribution in [0.2, 0.25) is 0 Å². The molecule has 0 aliphatic carbocycles. The number of aryl methyl sites for hydroxylation is 2. The van der Waals surface area contributed by atoms with Gasteiger partial charge in [0.15, 0.2) is 0 Å². The van der Waals surface area contributed by atoms with E-state index in [2.05, 4.69) is 32.0 Å². The zero-order valence-electron chi connectivity index (χ0n) is 22.6. The third kappa shape index (κ3) is 7.14. The van der Waals surface area contributed by atoms with Crippen molar-refractivity contribution in [1.29, 1.82) is 0 Å². The number of anilines is 1. The van der Waals surface area contributed by atoms with Crippen LogP contribution in [0, 0.1) is 29.8 Å². The van der Waals surface area contributed by atoms with E-state index in [-0.39, 0.29) is 29.5 Å². The Balaban J connectivity index is 1.35. The lowest BCUT2D eigenvalue weighted by molar-refractivity contribution is -0.384. The topological polar surface area (TPSA) is 104 Å². The Hall–Kier alpha value is -3.92. The molecule has 1 unspecified atom stereocenters. The van der Waals surface area contributed by atoms with Gasteiger partial charge in [-0.25, -0.2) is 14.4 Å². The quantitative estimate of drug-likeness (QED) is 0.294. The zero-order valence-corrected chi connectivity index (χ0v) is 22.6. The highest BCUT2D eigenvalue weighted by atomic mass is 19.1. The molecule has 0 saturated carbocycles. The molecule has 0 bridgehead atoms. The van der Waals surface area contributed by atoms with Crippen molar-refractivity contribution < 1.29 is 14.1 Å². The molecule has 2 heterocycles. The van der Waals surface area contributed by atoms with Crippen molar-refractivity contribution in [2.75, 3.05) is 24.5 Å². The first-order chi connectivity index (χ1) is 18.7. The molecule has 1 N–H and O–H groups in total. The fraction of sp³-hybridized carbons (Fsp3) is 0.414. The monoisotopic (exact) mass is 534 g/mol. The van der Waals surface area contributed by atoms with Crippen LogP contribution in [0.1, 0.15) is 53.5 Å². The van der Waals surface area contributed by atoms with Gasteiger partial charge in [0.2, 0.25) is 0 Å². The van der Waals surface area contributed by atoms with Gasteiger partial charge in [0, 0.05) is 56.1 Å². The van der Waals surface area contributed by atoms with Crippen molar-refractivity contribution in [1.82, 2.24) is 20.2 Å². The largest absolute Gasteiger partial charge is 0.364 e. The molecular formula is C29H35FN6O3. The summed E-state index contributed by atoms with van der Waals surface area (Å²) in [6.45, 7) is 8.64. The van der Waals surface area contributed by atoms with Crippen molar-refractivity contribution in [3.63, 3.8) is 0 Å². The maximum atomic E-state index is 13.9. The fourth-order valence-electron chi connectivity index (χ4n) is 5.25. The van der Waals surface area contributed by atoms with Gasteiger partial charge >= 0.3 is 0 Å². The second-order valence-corrected chi connectivity index (χ2v) is 10.1. The van der Waals surface area contributed by atoms with E-state index in [1.807, 2.05) is 19.9 Å². The van der Waals surface area contributed by atoms with Gasteiger partial charge in [0.05, 0.1) is 21.9 Å². The van der Waals surface area contributed by atoms with E-state index in [9.17, 15) is 19.3 Å². The lowest BCUT2D eigenvalue weighted by atomic mass is 9.99. The minimum absolute atomic E-state index is 0.0466. The number of benzene rings is 2. The number of nitrogens with one attached hydrogen (secondary N) is 1. The molecule has 1 atom stereocenters.